The Bertz CT molecular complexity index is 6080. The topological polar surface area (TPSA) is 300 Å². The summed E-state index contributed by atoms with van der Waals surface area (Å²) in [6, 6.07) is 51.8. The monoisotopic (exact) mass is 1960 g/mol. The lowest BCUT2D eigenvalue weighted by atomic mass is 10.1. The predicted octanol–water partition coefficient (Wildman–Crippen LogP) is 18.9. The molecule has 0 unspecified atom stereocenters. The number of piperazine rings is 3. The highest BCUT2D eigenvalue weighted by Gasteiger charge is 2.36. The number of aryl methyl sites for hydroxylation is 2. The number of rotatable bonds is 27. The van der Waals surface area contributed by atoms with Gasteiger partial charge in [0.25, 0.3) is 0 Å². The number of nitrogens with zero attached hydrogens (tertiary/aromatic N) is 14. The van der Waals surface area contributed by atoms with E-state index >= 15 is 0 Å². The highest BCUT2D eigenvalue weighted by Crippen LogP contribution is 2.39. The molecule has 0 bridgehead atoms. The van der Waals surface area contributed by atoms with Crippen molar-refractivity contribution in [3.05, 3.63) is 276 Å². The molecule has 3 aliphatic rings. The lowest BCUT2D eigenvalue weighted by Crippen LogP contribution is -2.44. The zero-order valence-corrected chi connectivity index (χ0v) is 82.9. The van der Waals surface area contributed by atoms with Gasteiger partial charge in [-0.3, -0.25) is 0 Å². The molecule has 0 radical (unpaired) electrons. The number of hydrogen-bond acceptors (Lipinski definition) is 26. The van der Waals surface area contributed by atoms with Crippen LogP contribution in [-0.4, -0.2) is 211 Å². The van der Waals surface area contributed by atoms with Crippen LogP contribution in [0.5, 0.6) is 23.0 Å². The molecule has 12 aromatic rings. The second-order valence-corrected chi connectivity index (χ2v) is 40.0. The number of alkyl halides is 3. The smallest absolute Gasteiger partial charge is 0.419 e. The van der Waals surface area contributed by atoms with Gasteiger partial charge in [-0.2, -0.15) is 13.2 Å². The minimum atomic E-state index is -4.77. The molecule has 15 rings (SSSR count). The van der Waals surface area contributed by atoms with E-state index in [-0.39, 0.29) is 39.1 Å². The Kier molecular flexibility index (Phi) is 34.9. The van der Waals surface area contributed by atoms with Crippen molar-refractivity contribution >= 4 is 130 Å². The molecular weight excluding hydrogens is 1850 g/mol. The van der Waals surface area contributed by atoms with Gasteiger partial charge in [0.15, 0.2) is 0 Å². The Morgan fingerprint density at radius 2 is 0.681 bits per heavy atom. The Balaban J connectivity index is 0.000000163. The molecule has 6 N–H and O–H groups in total. The third kappa shape index (κ3) is 29.8. The van der Waals surface area contributed by atoms with Gasteiger partial charge in [0, 0.05) is 174 Å². The molecule has 28 nitrogen and oxygen atoms in total. The number of benzene rings is 8. The maximum atomic E-state index is 13.8. The number of likely N-dealkylation sites (N-methyl/N-ethyl adjacent to an activating group) is 3. The summed E-state index contributed by atoms with van der Waals surface area (Å²) in [6.45, 7) is 27.0. The van der Waals surface area contributed by atoms with Crippen LogP contribution >= 0.6 is 46.4 Å². The summed E-state index contributed by atoms with van der Waals surface area (Å²) in [7, 11) is 5.12. The number of hydrogen-bond donors (Lipinski definition) is 6. The van der Waals surface area contributed by atoms with Gasteiger partial charge in [-0.15, -0.1) is 0 Å². The first-order valence-corrected chi connectivity index (χ1v) is 48.2. The average Bonchev–Trinajstić information content (AvgIpc) is 0.766. The number of halogens is 7. The van der Waals surface area contributed by atoms with Crippen molar-refractivity contribution in [1.29, 1.82) is 0 Å². The van der Waals surface area contributed by atoms with Crippen LogP contribution in [0.3, 0.4) is 0 Å². The third-order valence-corrected chi connectivity index (χ3v) is 26.9. The van der Waals surface area contributed by atoms with E-state index in [9.17, 15) is 30.0 Å². The Labute approximate surface area is 809 Å². The standard InChI is InChI=1S/C26H32F3N5O4S2.C25H30ClN5O2.C24H28ClN5O.C23H25Cl2N5O/c1-24(2,3)33-39(35,36)19-11-7-9-17(13-19)14-22-21(26(27,28)29)16-30-23(32-22)31-18-10-8-12-20(15-18)40(37,38)34-25(4,5)6;1-17-16-27-25(28-19-5-7-20(8-6-19)31-11-9-30(2)10-12-31)29-21(17)13-18-14-22(32-3)24(26)23(15-18)33-4;1-17-16-26-24(28-22(17)14-18-4-9-21(25)23(15-18)31-3)27-19-5-7-20(8-6-19)30-12-10-29(2)11-13-30;1-29-9-11-30(12-10-29)18-6-4-17(5-7-18)27-23-26-15-20(25)21(28-23)13-16-3-8-19(24)22(14-16)31-2/h7-13,15-16,33-34H,14H2,1-6H3,(H,30,31,32);5-8,14-16H,9-13H2,1-4H3,(H,27,28,29);4-9,15-16H,10-14H2,1-3H3,(H,26,27,28);3-8,14-15H,9-13H2,1-2H3,(H,26,27,28). The highest BCUT2D eigenvalue weighted by molar-refractivity contribution is 7.89. The van der Waals surface area contributed by atoms with E-state index in [0.29, 0.717) is 86.4 Å². The van der Waals surface area contributed by atoms with Gasteiger partial charge >= 0.3 is 6.18 Å². The van der Waals surface area contributed by atoms with Gasteiger partial charge in [0.1, 0.15) is 28.0 Å². The normalized spacial score (nSPS) is 14.1. The van der Waals surface area contributed by atoms with Crippen molar-refractivity contribution in [2.45, 2.75) is 108 Å². The van der Waals surface area contributed by atoms with E-state index in [1.807, 2.05) is 74.8 Å². The second-order valence-electron chi connectivity index (χ2n) is 35.0. The lowest BCUT2D eigenvalue weighted by molar-refractivity contribution is -0.138. The second kappa shape index (κ2) is 45.9. The molecule has 7 heterocycles. The molecule has 0 saturated carbocycles. The molecule has 0 spiro atoms. The predicted molar refractivity (Wildman–Crippen MR) is 534 cm³/mol. The fraction of sp³-hybridized carbons (Fsp3) is 0.347. The molecule has 135 heavy (non-hydrogen) atoms. The minimum absolute atomic E-state index is 0.0542. The summed E-state index contributed by atoms with van der Waals surface area (Å²) in [5.74, 6) is 3.93. The molecule has 716 valence electrons. The van der Waals surface area contributed by atoms with Gasteiger partial charge in [0.05, 0.1) is 87.8 Å². The number of anilines is 11. The zero-order chi connectivity index (χ0) is 97.1. The molecule has 3 fully saturated rings. The van der Waals surface area contributed by atoms with Crippen molar-refractivity contribution in [2.24, 2.45) is 0 Å². The van der Waals surface area contributed by atoms with Crippen molar-refractivity contribution in [3.8, 4) is 23.0 Å². The lowest BCUT2D eigenvalue weighted by Gasteiger charge is -2.34. The van der Waals surface area contributed by atoms with Crippen LogP contribution in [0, 0.1) is 13.8 Å². The summed E-state index contributed by atoms with van der Waals surface area (Å²) < 4.78 is 119. The molecular formula is C98H115Cl4F3N20O8S2. The SMILES string of the molecule is CC(C)(C)NS(=O)(=O)c1cccc(Cc2nc(Nc3cccc(S(=O)(=O)NC(C)(C)C)c3)ncc2C(F)(F)F)c1.COc1cc(Cc2nc(Nc3ccc(N4CCN(C)CC4)cc3)ncc2C)cc(OC)c1Cl.COc1cc(Cc2nc(Nc3ccc(N4CCN(C)CC4)cc3)ncc2C)ccc1Cl.COc1cc(Cc2nc(Nc3ccc(N4CCN(C)CC4)cc3)ncc2Cl)ccc1Cl. The quantitative estimate of drug-likeness (QED) is 0.0279. The van der Waals surface area contributed by atoms with Crippen molar-refractivity contribution in [3.63, 3.8) is 0 Å². The largest absolute Gasteiger partial charge is 0.495 e. The van der Waals surface area contributed by atoms with Gasteiger partial charge in [-0.25, -0.2) is 66.2 Å². The molecule has 3 saturated heterocycles. The van der Waals surface area contributed by atoms with Crippen LogP contribution in [0.2, 0.25) is 20.1 Å². The Morgan fingerprint density at radius 3 is 1.07 bits per heavy atom. The van der Waals surface area contributed by atoms with Gasteiger partial charge in [0.2, 0.25) is 43.8 Å². The first-order chi connectivity index (χ1) is 64.1. The minimum Gasteiger partial charge on any atom is -0.495 e. The van der Waals surface area contributed by atoms with Crippen molar-refractivity contribution in [2.75, 3.05) is 164 Å². The molecule has 0 amide bonds. The number of aromatic nitrogens is 8. The first-order valence-electron chi connectivity index (χ1n) is 43.7. The summed E-state index contributed by atoms with van der Waals surface area (Å²) in [5, 5.41) is 14.8. The molecule has 0 aliphatic carbocycles. The van der Waals surface area contributed by atoms with Crippen LogP contribution in [0.15, 0.2) is 204 Å². The van der Waals surface area contributed by atoms with Crippen LogP contribution in [0.25, 0.3) is 0 Å². The summed E-state index contributed by atoms with van der Waals surface area (Å²) in [4.78, 5) is 49.4. The summed E-state index contributed by atoms with van der Waals surface area (Å²) in [5.41, 5.74) is 11.9. The van der Waals surface area contributed by atoms with Crippen molar-refractivity contribution < 1.29 is 49.0 Å². The van der Waals surface area contributed by atoms with E-state index in [1.54, 1.807) is 76.2 Å². The molecule has 4 aromatic heterocycles. The van der Waals surface area contributed by atoms with E-state index in [0.717, 1.165) is 140 Å². The number of ether oxygens (including phenoxy) is 4. The van der Waals surface area contributed by atoms with Gasteiger partial charge in [-0.05, 0) is 249 Å². The Morgan fingerprint density at radius 1 is 0.356 bits per heavy atom. The van der Waals surface area contributed by atoms with Gasteiger partial charge in [-0.1, -0.05) is 76.7 Å². The third-order valence-electron chi connectivity index (χ3n) is 22.0. The van der Waals surface area contributed by atoms with E-state index in [1.165, 1.54) is 65.6 Å². The molecule has 3 aliphatic heterocycles. The summed E-state index contributed by atoms with van der Waals surface area (Å²) in [6.07, 6.45) is 2.68. The molecule has 37 heteroatoms. The average molecular weight is 1960 g/mol. The maximum Gasteiger partial charge on any atom is 0.419 e. The highest BCUT2D eigenvalue weighted by atomic mass is 35.5. The molecule has 8 aromatic carbocycles. The van der Waals surface area contributed by atoms with Crippen LogP contribution < -0.4 is 64.4 Å². The molecule has 0 atom stereocenters. The fourth-order valence-corrected chi connectivity index (χ4v) is 18.5. The van der Waals surface area contributed by atoms with E-state index in [2.05, 4.69) is 184 Å². The van der Waals surface area contributed by atoms with E-state index < -0.39 is 42.9 Å². The van der Waals surface area contributed by atoms with Gasteiger partial charge < -0.3 is 69.6 Å². The van der Waals surface area contributed by atoms with Crippen LogP contribution in [0.4, 0.5) is 76.8 Å². The first kappa shape index (κ1) is 102. The number of sulfonamides is 2. The number of methoxy groups -OCH3 is 4. The fourth-order valence-electron chi connectivity index (χ4n) is 14.8. The number of nitrogens with one attached hydrogen (secondary N) is 6. The van der Waals surface area contributed by atoms with Crippen LogP contribution in [0.1, 0.15) is 103 Å². The Hall–Kier alpha value is -11.5. The summed E-state index contributed by atoms with van der Waals surface area (Å²) >= 11 is 24.9. The van der Waals surface area contributed by atoms with Crippen LogP contribution in [-0.2, 0) is 51.9 Å². The van der Waals surface area contributed by atoms with Crippen molar-refractivity contribution in [1.82, 2.24) is 64.0 Å². The maximum absolute atomic E-state index is 13.8. The zero-order valence-electron chi connectivity index (χ0n) is 78.3. The van der Waals surface area contributed by atoms with E-state index in [4.69, 9.17) is 75.3 Å².